The van der Waals surface area contributed by atoms with Crippen LogP contribution in [0.15, 0.2) is 59.0 Å². The molecule has 1 N–H and O–H groups in total. The maximum Gasteiger partial charge on any atom is 0.232 e. The fourth-order valence-corrected chi connectivity index (χ4v) is 2.32. The van der Waals surface area contributed by atoms with Crippen LogP contribution in [0.5, 0.6) is 0 Å². The summed E-state index contributed by atoms with van der Waals surface area (Å²) >= 11 is 5.86. The Balaban J connectivity index is 1.72. The molecule has 0 aliphatic rings. The molecule has 0 atom stereocenters. The first-order valence-electron chi connectivity index (χ1n) is 7.16. The Morgan fingerprint density at radius 3 is 2.48 bits per heavy atom. The number of halogens is 1. The average molecular weight is 324 g/mol. The zero-order chi connectivity index (χ0) is 16.1. The highest BCUT2D eigenvalue weighted by molar-refractivity contribution is 6.30. The molecule has 0 radical (unpaired) electrons. The normalized spacial score (nSPS) is 10.3. The van der Waals surface area contributed by atoms with Gasteiger partial charge in [-0.1, -0.05) is 54.1 Å². The SMILES string of the molecule is N#Cc1nc(Cc2ccccc2)oc1NCc1ccc(Cl)cc1. The lowest BCUT2D eigenvalue weighted by Gasteiger charge is -2.03. The summed E-state index contributed by atoms with van der Waals surface area (Å²) < 4.78 is 5.68. The summed E-state index contributed by atoms with van der Waals surface area (Å²) in [6.45, 7) is 0.534. The number of anilines is 1. The molecule has 23 heavy (non-hydrogen) atoms. The average Bonchev–Trinajstić information content (AvgIpc) is 2.97. The van der Waals surface area contributed by atoms with Crippen LogP contribution >= 0.6 is 11.6 Å². The quantitative estimate of drug-likeness (QED) is 0.755. The van der Waals surface area contributed by atoms with Crippen molar-refractivity contribution in [3.63, 3.8) is 0 Å². The minimum atomic E-state index is 0.268. The lowest BCUT2D eigenvalue weighted by atomic mass is 10.1. The van der Waals surface area contributed by atoms with Crippen molar-refractivity contribution in [2.75, 3.05) is 5.32 Å². The summed E-state index contributed by atoms with van der Waals surface area (Å²) in [7, 11) is 0. The van der Waals surface area contributed by atoms with E-state index in [2.05, 4.69) is 16.4 Å². The van der Waals surface area contributed by atoms with Crippen LogP contribution < -0.4 is 5.32 Å². The van der Waals surface area contributed by atoms with Crippen molar-refractivity contribution in [3.8, 4) is 6.07 Å². The summed E-state index contributed by atoms with van der Waals surface area (Å²) in [4.78, 5) is 4.24. The van der Waals surface area contributed by atoms with Crippen molar-refractivity contribution in [2.45, 2.75) is 13.0 Å². The van der Waals surface area contributed by atoms with E-state index in [4.69, 9.17) is 16.0 Å². The molecule has 0 aliphatic heterocycles. The Kier molecular flexibility index (Phi) is 4.60. The van der Waals surface area contributed by atoms with E-state index in [0.717, 1.165) is 11.1 Å². The smallest absolute Gasteiger partial charge is 0.232 e. The minimum Gasteiger partial charge on any atom is -0.423 e. The predicted molar refractivity (Wildman–Crippen MR) is 89.2 cm³/mol. The first kappa shape index (κ1) is 15.1. The van der Waals surface area contributed by atoms with Crippen LogP contribution in [0.4, 0.5) is 5.88 Å². The largest absolute Gasteiger partial charge is 0.423 e. The molecule has 3 rings (SSSR count). The number of nitrogens with one attached hydrogen (secondary N) is 1. The molecule has 4 nitrogen and oxygen atoms in total. The van der Waals surface area contributed by atoms with E-state index in [-0.39, 0.29) is 5.69 Å². The van der Waals surface area contributed by atoms with Gasteiger partial charge in [-0.05, 0) is 23.3 Å². The van der Waals surface area contributed by atoms with Gasteiger partial charge < -0.3 is 9.73 Å². The van der Waals surface area contributed by atoms with Crippen LogP contribution in [-0.4, -0.2) is 4.98 Å². The summed E-state index contributed by atoms with van der Waals surface area (Å²) in [5.41, 5.74) is 2.40. The number of benzene rings is 2. The summed E-state index contributed by atoms with van der Waals surface area (Å²) in [6.07, 6.45) is 0.554. The van der Waals surface area contributed by atoms with Gasteiger partial charge in [-0.3, -0.25) is 0 Å². The Hall–Kier alpha value is -2.77. The molecule has 114 valence electrons. The van der Waals surface area contributed by atoms with Crippen molar-refractivity contribution in [3.05, 3.63) is 82.3 Å². The van der Waals surface area contributed by atoms with Gasteiger partial charge in [-0.2, -0.15) is 5.26 Å². The second kappa shape index (κ2) is 6.99. The van der Waals surface area contributed by atoms with Crippen molar-refractivity contribution in [2.24, 2.45) is 0 Å². The van der Waals surface area contributed by atoms with E-state index in [1.165, 1.54) is 0 Å². The molecule has 0 spiro atoms. The molecule has 1 heterocycles. The van der Waals surface area contributed by atoms with Crippen molar-refractivity contribution < 1.29 is 4.42 Å². The van der Waals surface area contributed by atoms with Crippen molar-refractivity contribution in [1.29, 1.82) is 5.26 Å². The Bertz CT molecular complexity index is 820. The maximum atomic E-state index is 9.20. The number of oxazole rings is 1. The highest BCUT2D eigenvalue weighted by atomic mass is 35.5. The van der Waals surface area contributed by atoms with Crippen LogP contribution in [0.1, 0.15) is 22.7 Å². The lowest BCUT2D eigenvalue weighted by Crippen LogP contribution is -1.99. The highest BCUT2D eigenvalue weighted by Crippen LogP contribution is 2.20. The van der Waals surface area contributed by atoms with Gasteiger partial charge in [0.05, 0.1) is 0 Å². The molecule has 1 aromatic heterocycles. The Morgan fingerprint density at radius 2 is 1.78 bits per heavy atom. The third-order valence-corrected chi connectivity index (χ3v) is 3.59. The van der Waals surface area contributed by atoms with E-state index in [0.29, 0.717) is 29.8 Å². The van der Waals surface area contributed by atoms with Gasteiger partial charge in [0.25, 0.3) is 0 Å². The third-order valence-electron chi connectivity index (χ3n) is 3.34. The number of aromatic nitrogens is 1. The molecular formula is C18H14ClN3O. The molecule has 0 unspecified atom stereocenters. The number of nitriles is 1. The van der Waals surface area contributed by atoms with E-state index < -0.39 is 0 Å². The topological polar surface area (TPSA) is 61.9 Å². The first-order valence-corrected chi connectivity index (χ1v) is 7.54. The Morgan fingerprint density at radius 1 is 1.04 bits per heavy atom. The standard InChI is InChI=1S/C18H14ClN3O/c19-15-8-6-14(7-9-15)12-21-18-16(11-20)22-17(23-18)10-13-4-2-1-3-5-13/h1-9,21H,10,12H2. The van der Waals surface area contributed by atoms with Gasteiger partial charge in [0.1, 0.15) is 6.07 Å². The van der Waals surface area contributed by atoms with E-state index in [1.54, 1.807) is 0 Å². The summed E-state index contributed by atoms with van der Waals surface area (Å²) in [6, 6.07) is 19.4. The maximum absolute atomic E-state index is 9.20. The zero-order valence-corrected chi connectivity index (χ0v) is 13.0. The second-order valence-electron chi connectivity index (χ2n) is 5.04. The van der Waals surface area contributed by atoms with Gasteiger partial charge in [-0.15, -0.1) is 0 Å². The molecule has 0 saturated carbocycles. The van der Waals surface area contributed by atoms with Gasteiger partial charge >= 0.3 is 0 Å². The zero-order valence-electron chi connectivity index (χ0n) is 12.3. The Labute approximate surface area is 139 Å². The molecule has 0 saturated heterocycles. The molecule has 0 aliphatic carbocycles. The number of hydrogen-bond acceptors (Lipinski definition) is 4. The molecule has 0 amide bonds. The molecular weight excluding hydrogens is 310 g/mol. The van der Waals surface area contributed by atoms with Crippen molar-refractivity contribution >= 4 is 17.5 Å². The highest BCUT2D eigenvalue weighted by Gasteiger charge is 2.13. The predicted octanol–water partition coefficient (Wildman–Crippen LogP) is 4.40. The third kappa shape index (κ3) is 3.91. The van der Waals surface area contributed by atoms with Crippen LogP contribution in [0.3, 0.4) is 0 Å². The van der Waals surface area contributed by atoms with Gasteiger partial charge in [0.15, 0.2) is 0 Å². The monoisotopic (exact) mass is 323 g/mol. The molecule has 0 bridgehead atoms. The molecule has 3 aromatic rings. The molecule has 0 fully saturated rings. The van der Waals surface area contributed by atoms with Gasteiger partial charge in [-0.25, -0.2) is 4.98 Å². The number of hydrogen-bond donors (Lipinski definition) is 1. The minimum absolute atomic E-state index is 0.268. The fraction of sp³-hybridized carbons (Fsp3) is 0.111. The number of nitrogens with zero attached hydrogens (tertiary/aromatic N) is 2. The van der Waals surface area contributed by atoms with Crippen molar-refractivity contribution in [1.82, 2.24) is 4.98 Å². The van der Waals surface area contributed by atoms with E-state index in [1.807, 2.05) is 54.6 Å². The summed E-state index contributed by atoms with van der Waals surface area (Å²) in [5.74, 6) is 0.916. The summed E-state index contributed by atoms with van der Waals surface area (Å²) in [5, 5.41) is 13.0. The fourth-order valence-electron chi connectivity index (χ4n) is 2.19. The van der Waals surface area contributed by atoms with Crippen LogP contribution in [0.2, 0.25) is 5.02 Å². The lowest BCUT2D eigenvalue weighted by molar-refractivity contribution is 0.517. The van der Waals surface area contributed by atoms with Gasteiger partial charge in [0.2, 0.25) is 17.5 Å². The van der Waals surface area contributed by atoms with Crippen LogP contribution in [-0.2, 0) is 13.0 Å². The number of rotatable bonds is 5. The van der Waals surface area contributed by atoms with Crippen LogP contribution in [0, 0.1) is 11.3 Å². The first-order chi connectivity index (χ1) is 11.2. The van der Waals surface area contributed by atoms with Crippen LogP contribution in [0.25, 0.3) is 0 Å². The van der Waals surface area contributed by atoms with E-state index >= 15 is 0 Å². The van der Waals surface area contributed by atoms with Gasteiger partial charge in [0, 0.05) is 18.0 Å². The van der Waals surface area contributed by atoms with E-state index in [9.17, 15) is 5.26 Å². The molecule has 2 aromatic carbocycles. The second-order valence-corrected chi connectivity index (χ2v) is 5.48. The molecule has 5 heteroatoms.